The van der Waals surface area contributed by atoms with E-state index in [1.54, 1.807) is 32.9 Å². The average molecular weight is 277 g/mol. The lowest BCUT2D eigenvalue weighted by molar-refractivity contribution is 0.463. The quantitative estimate of drug-likeness (QED) is 0.902. The van der Waals surface area contributed by atoms with Gasteiger partial charge in [0.15, 0.2) is 0 Å². The Labute approximate surface area is 117 Å². The third-order valence-corrected chi connectivity index (χ3v) is 3.14. The molecule has 2 rings (SSSR count). The third-order valence-electron chi connectivity index (χ3n) is 3.14. The first-order chi connectivity index (χ1) is 9.38. The van der Waals surface area contributed by atoms with E-state index in [1.165, 1.54) is 18.2 Å². The van der Waals surface area contributed by atoms with Crippen molar-refractivity contribution in [2.75, 3.05) is 0 Å². The van der Waals surface area contributed by atoms with Gasteiger partial charge in [0, 0.05) is 11.6 Å². The first-order valence-electron chi connectivity index (χ1n) is 6.38. The Morgan fingerprint density at radius 2 is 1.70 bits per heavy atom. The zero-order valence-electron chi connectivity index (χ0n) is 11.7. The van der Waals surface area contributed by atoms with E-state index in [4.69, 9.17) is 10.5 Å². The second-order valence-corrected chi connectivity index (χ2v) is 4.94. The second kappa shape index (κ2) is 5.59. The highest BCUT2D eigenvalue weighted by Gasteiger charge is 2.14. The predicted molar refractivity (Wildman–Crippen MR) is 75.0 cm³/mol. The van der Waals surface area contributed by atoms with Crippen LogP contribution in [-0.4, -0.2) is 0 Å². The van der Waals surface area contributed by atoms with Crippen molar-refractivity contribution in [1.29, 1.82) is 0 Å². The maximum absolute atomic E-state index is 13.6. The molecule has 2 aromatic rings. The number of ether oxygens (including phenoxy) is 1. The molecule has 2 nitrogen and oxygen atoms in total. The molecule has 20 heavy (non-hydrogen) atoms. The number of hydrogen-bond acceptors (Lipinski definition) is 2. The van der Waals surface area contributed by atoms with E-state index >= 15 is 0 Å². The summed E-state index contributed by atoms with van der Waals surface area (Å²) in [5.41, 5.74) is 7.57. The summed E-state index contributed by atoms with van der Waals surface area (Å²) in [6.45, 7) is 5.17. The van der Waals surface area contributed by atoms with Crippen LogP contribution in [0.15, 0.2) is 30.3 Å². The van der Waals surface area contributed by atoms with Crippen molar-refractivity contribution < 1.29 is 13.5 Å². The van der Waals surface area contributed by atoms with Gasteiger partial charge in [-0.2, -0.15) is 0 Å². The summed E-state index contributed by atoms with van der Waals surface area (Å²) in [5.74, 6) is 0.381. The topological polar surface area (TPSA) is 35.2 Å². The number of halogens is 2. The van der Waals surface area contributed by atoms with Gasteiger partial charge in [0.1, 0.15) is 23.1 Å². The highest BCUT2D eigenvalue weighted by atomic mass is 19.1. The first kappa shape index (κ1) is 14.5. The van der Waals surface area contributed by atoms with Gasteiger partial charge in [-0.3, -0.25) is 0 Å². The molecule has 1 atom stereocenters. The maximum Gasteiger partial charge on any atom is 0.132 e. The molecule has 0 fully saturated rings. The van der Waals surface area contributed by atoms with Gasteiger partial charge >= 0.3 is 0 Å². The number of nitrogens with two attached hydrogens (primary N) is 1. The molecule has 0 saturated heterocycles. The monoisotopic (exact) mass is 277 g/mol. The van der Waals surface area contributed by atoms with Gasteiger partial charge in [-0.15, -0.1) is 0 Å². The van der Waals surface area contributed by atoms with Crippen LogP contribution in [0.5, 0.6) is 11.5 Å². The first-order valence-corrected chi connectivity index (χ1v) is 6.38. The van der Waals surface area contributed by atoms with Crippen LogP contribution >= 0.6 is 0 Å². The van der Waals surface area contributed by atoms with Crippen molar-refractivity contribution >= 4 is 0 Å². The molecule has 0 saturated carbocycles. The number of rotatable bonds is 3. The molecule has 2 N–H and O–H groups in total. The van der Waals surface area contributed by atoms with E-state index in [-0.39, 0.29) is 17.7 Å². The molecule has 0 aliphatic carbocycles. The molecule has 0 spiro atoms. The van der Waals surface area contributed by atoms with Crippen LogP contribution in [-0.2, 0) is 0 Å². The molecule has 0 amide bonds. The Morgan fingerprint density at radius 1 is 1.00 bits per heavy atom. The second-order valence-electron chi connectivity index (χ2n) is 4.94. The molecule has 0 aliphatic heterocycles. The van der Waals surface area contributed by atoms with E-state index < -0.39 is 0 Å². The number of benzene rings is 2. The van der Waals surface area contributed by atoms with Crippen molar-refractivity contribution in [2.45, 2.75) is 26.8 Å². The molecule has 2 aromatic carbocycles. The lowest BCUT2D eigenvalue weighted by atomic mass is 10.0. The molecule has 0 aliphatic rings. The van der Waals surface area contributed by atoms with Gasteiger partial charge in [0.25, 0.3) is 0 Å². The van der Waals surface area contributed by atoms with Crippen molar-refractivity contribution in [3.05, 3.63) is 58.7 Å². The maximum atomic E-state index is 13.6. The Bertz CT molecular complexity index is 639. The summed E-state index contributed by atoms with van der Waals surface area (Å²) >= 11 is 0. The van der Waals surface area contributed by atoms with Gasteiger partial charge in [-0.05, 0) is 62.2 Å². The summed E-state index contributed by atoms with van der Waals surface area (Å²) in [7, 11) is 0. The molecule has 0 bridgehead atoms. The van der Waals surface area contributed by atoms with E-state index in [2.05, 4.69) is 0 Å². The molecular formula is C16H17F2NO. The molecule has 0 radical (unpaired) electrons. The number of hydrogen-bond donors (Lipinski definition) is 1. The normalized spacial score (nSPS) is 12.3. The fraction of sp³-hybridized carbons (Fsp3) is 0.250. The van der Waals surface area contributed by atoms with E-state index in [1.807, 2.05) is 0 Å². The van der Waals surface area contributed by atoms with Crippen molar-refractivity contribution in [1.82, 2.24) is 0 Å². The Balaban J connectivity index is 2.44. The average Bonchev–Trinajstić information content (AvgIpc) is 2.36. The number of aryl methyl sites for hydroxylation is 2. The lowest BCUT2D eigenvalue weighted by Crippen LogP contribution is -2.08. The van der Waals surface area contributed by atoms with Crippen LogP contribution in [0, 0.1) is 25.5 Å². The van der Waals surface area contributed by atoms with Crippen molar-refractivity contribution in [3.63, 3.8) is 0 Å². The van der Waals surface area contributed by atoms with Crippen LogP contribution in [0.25, 0.3) is 0 Å². The fourth-order valence-electron chi connectivity index (χ4n) is 1.96. The van der Waals surface area contributed by atoms with Crippen LogP contribution in [0.3, 0.4) is 0 Å². The molecule has 106 valence electrons. The van der Waals surface area contributed by atoms with Crippen LogP contribution in [0.4, 0.5) is 8.78 Å². The molecule has 0 heterocycles. The zero-order valence-corrected chi connectivity index (χ0v) is 11.7. The molecule has 0 aromatic heterocycles. The summed E-state index contributed by atoms with van der Waals surface area (Å²) in [6.07, 6.45) is 0. The minimum atomic E-state index is -0.360. The third kappa shape index (κ3) is 2.96. The Kier molecular flexibility index (Phi) is 4.04. The SMILES string of the molecule is Cc1cc(Oc2ccc(F)cc2C)c(C(C)N)cc1F. The fourth-order valence-corrected chi connectivity index (χ4v) is 1.96. The lowest BCUT2D eigenvalue weighted by Gasteiger charge is -2.16. The van der Waals surface area contributed by atoms with E-state index in [0.717, 1.165) is 0 Å². The van der Waals surface area contributed by atoms with Crippen molar-refractivity contribution in [2.24, 2.45) is 5.73 Å². The summed E-state index contributed by atoms with van der Waals surface area (Å²) < 4.78 is 32.5. The van der Waals surface area contributed by atoms with E-state index in [9.17, 15) is 8.78 Å². The smallest absolute Gasteiger partial charge is 0.132 e. The van der Waals surface area contributed by atoms with Crippen LogP contribution < -0.4 is 10.5 Å². The Morgan fingerprint density at radius 3 is 2.30 bits per heavy atom. The molecular weight excluding hydrogens is 260 g/mol. The minimum Gasteiger partial charge on any atom is -0.457 e. The highest BCUT2D eigenvalue weighted by molar-refractivity contribution is 5.44. The molecule has 4 heteroatoms. The molecule has 1 unspecified atom stereocenters. The van der Waals surface area contributed by atoms with Gasteiger partial charge in [0.2, 0.25) is 0 Å². The van der Waals surface area contributed by atoms with Crippen molar-refractivity contribution in [3.8, 4) is 11.5 Å². The van der Waals surface area contributed by atoms with Gasteiger partial charge in [-0.25, -0.2) is 8.78 Å². The van der Waals surface area contributed by atoms with Crippen LogP contribution in [0.1, 0.15) is 29.7 Å². The Hall–Kier alpha value is -1.94. The van der Waals surface area contributed by atoms with Gasteiger partial charge in [-0.1, -0.05) is 0 Å². The van der Waals surface area contributed by atoms with Gasteiger partial charge < -0.3 is 10.5 Å². The summed E-state index contributed by atoms with van der Waals surface area (Å²) in [6, 6.07) is 6.89. The summed E-state index contributed by atoms with van der Waals surface area (Å²) in [4.78, 5) is 0. The van der Waals surface area contributed by atoms with Crippen LogP contribution in [0.2, 0.25) is 0 Å². The van der Waals surface area contributed by atoms with Gasteiger partial charge in [0.05, 0.1) is 0 Å². The summed E-state index contributed by atoms with van der Waals surface area (Å²) in [5, 5.41) is 0. The standard InChI is InChI=1S/C16H17F2NO/c1-9-7-16(13(11(3)19)8-14(9)18)20-15-5-4-12(17)6-10(15)2/h4-8,11H,19H2,1-3H3. The van der Waals surface area contributed by atoms with E-state index in [0.29, 0.717) is 28.2 Å². The minimum absolute atomic E-state index is 0.319. The highest BCUT2D eigenvalue weighted by Crippen LogP contribution is 2.32. The predicted octanol–water partition coefficient (Wildman–Crippen LogP) is 4.39. The zero-order chi connectivity index (χ0) is 14.9. The largest absolute Gasteiger partial charge is 0.457 e.